The topological polar surface area (TPSA) is 102 Å². The molecule has 7 heteroatoms. The summed E-state index contributed by atoms with van der Waals surface area (Å²) in [6.07, 6.45) is 0.446. The minimum absolute atomic E-state index is 0.0963. The summed E-state index contributed by atoms with van der Waals surface area (Å²) in [4.78, 5) is 23.2. The van der Waals surface area contributed by atoms with Crippen LogP contribution in [0, 0.1) is 23.7 Å². The highest BCUT2D eigenvalue weighted by Crippen LogP contribution is 2.47. The van der Waals surface area contributed by atoms with Gasteiger partial charge in [0, 0.05) is 11.8 Å². The first kappa shape index (κ1) is 18.4. The molecule has 2 aliphatic heterocycles. The van der Waals surface area contributed by atoms with Crippen LogP contribution in [-0.4, -0.2) is 46.8 Å². The number of fused-ring (bicyclic) bond motifs is 1. The Labute approximate surface area is 146 Å². The lowest BCUT2D eigenvalue weighted by Gasteiger charge is -2.41. The number of carbonyl (C=O) groups excluding carboxylic acids is 1. The number of rotatable bonds is 4. The number of hydrogen-bond donors (Lipinski definition) is 2. The van der Waals surface area contributed by atoms with Gasteiger partial charge in [-0.25, -0.2) is 4.79 Å². The second-order valence-electron chi connectivity index (χ2n) is 7.52. The number of carboxylic acid groups (broad SMARTS) is 1. The van der Waals surface area contributed by atoms with Gasteiger partial charge in [0.15, 0.2) is 6.29 Å². The van der Waals surface area contributed by atoms with Crippen molar-refractivity contribution in [1.82, 2.24) is 0 Å². The van der Waals surface area contributed by atoms with Crippen LogP contribution in [0.5, 0.6) is 0 Å². The van der Waals surface area contributed by atoms with Gasteiger partial charge < -0.3 is 24.4 Å². The molecular formula is C18H26O7. The summed E-state index contributed by atoms with van der Waals surface area (Å²) in [5.74, 6) is -1.60. The molecular weight excluding hydrogens is 328 g/mol. The molecule has 8 unspecified atom stereocenters. The van der Waals surface area contributed by atoms with Gasteiger partial charge in [0.25, 0.3) is 0 Å². The number of carboxylic acids is 1. The minimum Gasteiger partial charge on any atom is -0.478 e. The van der Waals surface area contributed by atoms with Crippen LogP contribution in [0.1, 0.15) is 40.0 Å². The zero-order chi connectivity index (χ0) is 18.3. The molecule has 25 heavy (non-hydrogen) atoms. The molecule has 0 amide bonds. The van der Waals surface area contributed by atoms with E-state index in [1.807, 2.05) is 13.8 Å². The molecule has 140 valence electrons. The van der Waals surface area contributed by atoms with E-state index in [9.17, 15) is 19.8 Å². The molecule has 3 rings (SSSR count). The largest absolute Gasteiger partial charge is 0.478 e. The lowest BCUT2D eigenvalue weighted by Crippen LogP contribution is -2.51. The van der Waals surface area contributed by atoms with Crippen LogP contribution < -0.4 is 0 Å². The van der Waals surface area contributed by atoms with Gasteiger partial charge in [0.2, 0.25) is 6.29 Å². The van der Waals surface area contributed by atoms with E-state index < -0.39 is 30.6 Å². The summed E-state index contributed by atoms with van der Waals surface area (Å²) in [6, 6.07) is 0. The first-order valence-electron chi connectivity index (χ1n) is 8.87. The van der Waals surface area contributed by atoms with E-state index in [4.69, 9.17) is 14.2 Å². The predicted molar refractivity (Wildman–Crippen MR) is 86.2 cm³/mol. The number of aliphatic hydroxyl groups is 1. The van der Waals surface area contributed by atoms with E-state index in [0.29, 0.717) is 6.42 Å². The monoisotopic (exact) mass is 354 g/mol. The number of Topliss-reactive ketones (excluding diaryl/α,β-unsaturated/α-hetero) is 1. The lowest BCUT2D eigenvalue weighted by molar-refractivity contribution is -0.312. The van der Waals surface area contributed by atoms with Crippen molar-refractivity contribution in [3.63, 3.8) is 0 Å². The second kappa shape index (κ2) is 7.05. The third-order valence-corrected chi connectivity index (χ3v) is 5.78. The molecule has 1 aliphatic carbocycles. The predicted octanol–water partition coefficient (Wildman–Crippen LogP) is 1.69. The molecule has 0 radical (unpaired) electrons. The van der Waals surface area contributed by atoms with Crippen LogP contribution in [0.15, 0.2) is 11.8 Å². The molecule has 2 heterocycles. The summed E-state index contributed by atoms with van der Waals surface area (Å²) < 4.78 is 17.2. The fraction of sp³-hybridized carbons (Fsp3) is 0.778. The smallest absolute Gasteiger partial charge is 0.334 e. The molecule has 0 aromatic rings. The maximum Gasteiger partial charge on any atom is 0.334 e. The molecule has 3 aliphatic rings. The van der Waals surface area contributed by atoms with Crippen molar-refractivity contribution < 1.29 is 34.0 Å². The maximum absolute atomic E-state index is 11.8. The van der Waals surface area contributed by atoms with Gasteiger partial charge in [-0.15, -0.1) is 0 Å². The molecule has 1 saturated carbocycles. The lowest BCUT2D eigenvalue weighted by atomic mass is 9.83. The number of hydrogen-bond acceptors (Lipinski definition) is 6. The molecule has 0 aromatic carbocycles. The number of ketones is 1. The SMILES string of the molecule is CC(=O)C1CC(C)OC(OC2OC=C(C(=O)O)C3CCC(C)C23)C1O. The number of aliphatic hydroxyl groups excluding tert-OH is 1. The van der Waals surface area contributed by atoms with Crippen molar-refractivity contribution in [1.29, 1.82) is 0 Å². The van der Waals surface area contributed by atoms with Crippen LogP contribution >= 0.6 is 0 Å². The van der Waals surface area contributed by atoms with Crippen molar-refractivity contribution in [2.45, 2.75) is 64.8 Å². The van der Waals surface area contributed by atoms with Gasteiger partial charge in [0.05, 0.1) is 23.9 Å². The van der Waals surface area contributed by atoms with Gasteiger partial charge >= 0.3 is 5.97 Å². The summed E-state index contributed by atoms with van der Waals surface area (Å²) >= 11 is 0. The summed E-state index contributed by atoms with van der Waals surface area (Å²) in [5, 5.41) is 19.8. The highest BCUT2D eigenvalue weighted by atomic mass is 16.8. The summed E-state index contributed by atoms with van der Waals surface area (Å²) in [7, 11) is 0. The first-order chi connectivity index (χ1) is 11.8. The third-order valence-electron chi connectivity index (χ3n) is 5.78. The van der Waals surface area contributed by atoms with E-state index in [2.05, 4.69) is 0 Å². The van der Waals surface area contributed by atoms with Crippen LogP contribution in [0.25, 0.3) is 0 Å². The average molecular weight is 354 g/mol. The Morgan fingerprint density at radius 2 is 1.96 bits per heavy atom. The highest BCUT2D eigenvalue weighted by Gasteiger charge is 2.49. The quantitative estimate of drug-likeness (QED) is 0.792. The molecule has 0 aromatic heterocycles. The van der Waals surface area contributed by atoms with Gasteiger partial charge in [-0.05, 0) is 39.0 Å². The van der Waals surface area contributed by atoms with E-state index in [0.717, 1.165) is 12.8 Å². The van der Waals surface area contributed by atoms with Crippen molar-refractivity contribution in [2.24, 2.45) is 23.7 Å². The van der Waals surface area contributed by atoms with E-state index in [1.54, 1.807) is 0 Å². The van der Waals surface area contributed by atoms with Crippen LogP contribution in [0.4, 0.5) is 0 Å². The molecule has 2 N–H and O–H groups in total. The van der Waals surface area contributed by atoms with E-state index in [1.165, 1.54) is 13.2 Å². The van der Waals surface area contributed by atoms with Crippen LogP contribution in [0.3, 0.4) is 0 Å². The number of aliphatic carboxylic acids is 1. The van der Waals surface area contributed by atoms with Crippen molar-refractivity contribution >= 4 is 11.8 Å². The Hall–Kier alpha value is -1.44. The fourth-order valence-corrected chi connectivity index (χ4v) is 4.40. The van der Waals surface area contributed by atoms with Gasteiger partial charge in [0.1, 0.15) is 11.9 Å². The Kier molecular flexibility index (Phi) is 5.18. The summed E-state index contributed by atoms with van der Waals surface area (Å²) in [5.41, 5.74) is 0.272. The van der Waals surface area contributed by atoms with Crippen LogP contribution in [-0.2, 0) is 23.8 Å². The van der Waals surface area contributed by atoms with Gasteiger partial charge in [-0.1, -0.05) is 6.92 Å². The Morgan fingerprint density at radius 1 is 1.24 bits per heavy atom. The molecule has 1 saturated heterocycles. The first-order valence-corrected chi connectivity index (χ1v) is 8.87. The average Bonchev–Trinajstić information content (AvgIpc) is 2.92. The number of carbonyl (C=O) groups is 2. The van der Waals surface area contributed by atoms with E-state index >= 15 is 0 Å². The van der Waals surface area contributed by atoms with Crippen LogP contribution in [0.2, 0.25) is 0 Å². The fourth-order valence-electron chi connectivity index (χ4n) is 4.40. The van der Waals surface area contributed by atoms with Gasteiger partial charge in [-0.2, -0.15) is 0 Å². The van der Waals surface area contributed by atoms with Gasteiger partial charge in [-0.3, -0.25) is 4.79 Å². The standard InChI is InChI=1S/C18H26O7/c1-8-4-5-11-13(16(21)22)7-23-17(14(8)11)25-18-15(20)12(10(3)19)6-9(2)24-18/h7-9,11-12,14-15,17-18,20H,4-6H2,1-3H3,(H,21,22). The normalized spacial score (nSPS) is 43.8. The molecule has 8 atom stereocenters. The molecule has 0 bridgehead atoms. The minimum atomic E-state index is -1.06. The third kappa shape index (κ3) is 3.45. The zero-order valence-corrected chi connectivity index (χ0v) is 14.8. The Bertz CT molecular complexity index is 572. The maximum atomic E-state index is 11.8. The van der Waals surface area contributed by atoms with Crippen molar-refractivity contribution in [3.05, 3.63) is 11.8 Å². The highest BCUT2D eigenvalue weighted by molar-refractivity contribution is 5.87. The van der Waals surface area contributed by atoms with E-state index in [-0.39, 0.29) is 35.2 Å². The Balaban J connectivity index is 1.77. The second-order valence-corrected chi connectivity index (χ2v) is 7.52. The molecule has 0 spiro atoms. The Morgan fingerprint density at radius 3 is 2.60 bits per heavy atom. The zero-order valence-electron chi connectivity index (χ0n) is 14.8. The summed E-state index contributed by atoms with van der Waals surface area (Å²) in [6.45, 7) is 5.34. The van der Waals surface area contributed by atoms with Crippen molar-refractivity contribution in [2.75, 3.05) is 0 Å². The molecule has 2 fully saturated rings. The number of ether oxygens (including phenoxy) is 3. The van der Waals surface area contributed by atoms with Crippen molar-refractivity contribution in [3.8, 4) is 0 Å². The molecule has 7 nitrogen and oxygen atoms in total.